The van der Waals surface area contributed by atoms with E-state index in [0.29, 0.717) is 13.2 Å². The molecule has 2 atom stereocenters. The van der Waals surface area contributed by atoms with Gasteiger partial charge in [0.25, 0.3) is 5.91 Å². The Bertz CT molecular complexity index is 214. The van der Waals surface area contributed by atoms with Crippen LogP contribution in [-0.4, -0.2) is 49.4 Å². The topological polar surface area (TPSA) is 64.8 Å². The van der Waals surface area contributed by atoms with Gasteiger partial charge in [-0.05, 0) is 12.8 Å². The zero-order chi connectivity index (χ0) is 9.97. The fraction of sp³-hybridized carbons (Fsp3) is 0.889. The molecule has 0 aromatic heterocycles. The second kappa shape index (κ2) is 4.25. The highest BCUT2D eigenvalue weighted by Gasteiger charge is 2.35. The average Bonchev–Trinajstić information content (AvgIpc) is 2.70. The number of hydrogen-bond acceptors (Lipinski definition) is 4. The minimum atomic E-state index is -0.0695. The maximum absolute atomic E-state index is 11.6. The minimum Gasteiger partial charge on any atom is -0.369 e. The molecular weight excluding hydrogens is 184 g/mol. The Hall–Kier alpha value is -0.650. The van der Waals surface area contributed by atoms with Crippen molar-refractivity contribution >= 4 is 5.91 Å². The first-order chi connectivity index (χ1) is 6.83. The number of rotatable bonds is 2. The Balaban J connectivity index is 2.06. The molecule has 5 nitrogen and oxygen atoms in total. The number of nitrogens with zero attached hydrogens (tertiary/aromatic N) is 1. The van der Waals surface area contributed by atoms with Gasteiger partial charge in [-0.3, -0.25) is 4.79 Å². The van der Waals surface area contributed by atoms with Gasteiger partial charge in [0.15, 0.2) is 0 Å². The van der Waals surface area contributed by atoms with E-state index in [1.807, 2.05) is 0 Å². The quantitative estimate of drug-likeness (QED) is 0.640. The van der Waals surface area contributed by atoms with Gasteiger partial charge in [-0.1, -0.05) is 0 Å². The first-order valence-corrected chi connectivity index (χ1v) is 5.03. The minimum absolute atomic E-state index is 0.00130. The third-order valence-electron chi connectivity index (χ3n) is 2.71. The normalized spacial score (nSPS) is 33.8. The molecule has 0 aromatic carbocycles. The molecule has 2 heterocycles. The first kappa shape index (κ1) is 9.89. The van der Waals surface area contributed by atoms with Gasteiger partial charge in [-0.15, -0.1) is 0 Å². The lowest BCUT2D eigenvalue weighted by atomic mass is 10.2. The van der Waals surface area contributed by atoms with Crippen LogP contribution in [0.4, 0.5) is 0 Å². The van der Waals surface area contributed by atoms with Crippen LogP contribution in [0.2, 0.25) is 0 Å². The summed E-state index contributed by atoms with van der Waals surface area (Å²) in [5, 5.41) is 0. The lowest BCUT2D eigenvalue weighted by molar-refractivity contribution is -0.164. The summed E-state index contributed by atoms with van der Waals surface area (Å²) in [6, 6.07) is -0.0145. The van der Waals surface area contributed by atoms with E-state index in [4.69, 9.17) is 15.2 Å². The molecule has 0 aromatic rings. The SMILES string of the molecule is NCC1COCC(=O)N1C1CCCO1. The van der Waals surface area contributed by atoms with Crippen molar-refractivity contribution in [2.24, 2.45) is 5.73 Å². The smallest absolute Gasteiger partial charge is 0.250 e. The van der Waals surface area contributed by atoms with Crippen LogP contribution < -0.4 is 5.73 Å². The van der Waals surface area contributed by atoms with Crippen LogP contribution in [0.15, 0.2) is 0 Å². The Morgan fingerprint density at radius 3 is 3.07 bits per heavy atom. The van der Waals surface area contributed by atoms with Gasteiger partial charge in [-0.2, -0.15) is 0 Å². The van der Waals surface area contributed by atoms with Gasteiger partial charge in [0.1, 0.15) is 12.8 Å². The highest BCUT2D eigenvalue weighted by Crippen LogP contribution is 2.21. The van der Waals surface area contributed by atoms with Crippen molar-refractivity contribution in [2.45, 2.75) is 25.1 Å². The van der Waals surface area contributed by atoms with E-state index in [0.717, 1.165) is 19.4 Å². The maximum Gasteiger partial charge on any atom is 0.250 e. The number of carbonyl (C=O) groups is 1. The molecule has 80 valence electrons. The summed E-state index contributed by atoms with van der Waals surface area (Å²) in [7, 11) is 0. The number of carbonyl (C=O) groups excluding carboxylic acids is 1. The van der Waals surface area contributed by atoms with Gasteiger partial charge in [0.2, 0.25) is 0 Å². The third kappa shape index (κ3) is 1.75. The van der Waals surface area contributed by atoms with Crippen LogP contribution in [0.1, 0.15) is 12.8 Å². The van der Waals surface area contributed by atoms with Gasteiger partial charge < -0.3 is 20.1 Å². The molecule has 2 aliphatic rings. The van der Waals surface area contributed by atoms with Crippen LogP contribution in [0.5, 0.6) is 0 Å². The molecule has 0 radical (unpaired) electrons. The molecule has 2 unspecified atom stereocenters. The zero-order valence-electron chi connectivity index (χ0n) is 8.15. The molecule has 2 N–H and O–H groups in total. The van der Waals surface area contributed by atoms with Crippen LogP contribution in [0, 0.1) is 0 Å². The van der Waals surface area contributed by atoms with Crippen molar-refractivity contribution in [3.8, 4) is 0 Å². The van der Waals surface area contributed by atoms with Crippen LogP contribution in [0.25, 0.3) is 0 Å². The lowest BCUT2D eigenvalue weighted by Gasteiger charge is -2.38. The molecular formula is C9H16N2O3. The molecule has 0 spiro atoms. The Kier molecular flexibility index (Phi) is 3.00. The lowest BCUT2D eigenvalue weighted by Crippen LogP contribution is -2.56. The summed E-state index contributed by atoms with van der Waals surface area (Å²) in [5.74, 6) is -0.00130. The van der Waals surface area contributed by atoms with Crippen molar-refractivity contribution in [3.05, 3.63) is 0 Å². The van der Waals surface area contributed by atoms with E-state index in [-0.39, 0.29) is 24.8 Å². The summed E-state index contributed by atoms with van der Waals surface area (Å²) in [6.45, 7) is 1.87. The molecule has 2 rings (SSSR count). The number of morpholine rings is 1. The predicted molar refractivity (Wildman–Crippen MR) is 49.5 cm³/mol. The first-order valence-electron chi connectivity index (χ1n) is 5.03. The molecule has 0 saturated carbocycles. The van der Waals surface area contributed by atoms with E-state index in [1.165, 1.54) is 0 Å². The number of nitrogens with two attached hydrogens (primary N) is 1. The van der Waals surface area contributed by atoms with E-state index in [1.54, 1.807) is 4.90 Å². The summed E-state index contributed by atoms with van der Waals surface area (Å²) >= 11 is 0. The summed E-state index contributed by atoms with van der Waals surface area (Å²) < 4.78 is 10.6. The average molecular weight is 200 g/mol. The molecule has 1 amide bonds. The van der Waals surface area contributed by atoms with Crippen LogP contribution >= 0.6 is 0 Å². The highest BCUT2D eigenvalue weighted by molar-refractivity contribution is 5.78. The Morgan fingerprint density at radius 2 is 2.43 bits per heavy atom. The monoisotopic (exact) mass is 200 g/mol. The summed E-state index contributed by atoms with van der Waals surface area (Å²) in [6.07, 6.45) is 1.87. The molecule has 5 heteroatoms. The van der Waals surface area contributed by atoms with E-state index in [2.05, 4.69) is 0 Å². The molecule has 14 heavy (non-hydrogen) atoms. The van der Waals surface area contributed by atoms with Crippen molar-refractivity contribution < 1.29 is 14.3 Å². The van der Waals surface area contributed by atoms with E-state index >= 15 is 0 Å². The summed E-state index contributed by atoms with van der Waals surface area (Å²) in [5.41, 5.74) is 5.59. The molecule has 2 saturated heterocycles. The third-order valence-corrected chi connectivity index (χ3v) is 2.71. The van der Waals surface area contributed by atoms with Gasteiger partial charge >= 0.3 is 0 Å². The Morgan fingerprint density at radius 1 is 1.57 bits per heavy atom. The standard InChI is InChI=1S/C9H16N2O3/c10-4-7-5-13-6-8(12)11(7)9-2-1-3-14-9/h7,9H,1-6,10H2. The van der Waals surface area contributed by atoms with Crippen molar-refractivity contribution in [2.75, 3.05) is 26.4 Å². The zero-order valence-corrected chi connectivity index (χ0v) is 8.15. The Labute approximate surface area is 83.1 Å². The van der Waals surface area contributed by atoms with Crippen molar-refractivity contribution in [3.63, 3.8) is 0 Å². The molecule has 0 aliphatic carbocycles. The van der Waals surface area contributed by atoms with E-state index < -0.39 is 0 Å². The second-order valence-corrected chi connectivity index (χ2v) is 3.67. The molecule has 2 aliphatic heterocycles. The maximum atomic E-state index is 11.6. The number of amides is 1. The molecule has 2 fully saturated rings. The largest absolute Gasteiger partial charge is 0.369 e. The van der Waals surface area contributed by atoms with Crippen molar-refractivity contribution in [1.29, 1.82) is 0 Å². The highest BCUT2D eigenvalue weighted by atomic mass is 16.5. The fourth-order valence-electron chi connectivity index (χ4n) is 2.00. The fourth-order valence-corrected chi connectivity index (χ4v) is 2.00. The number of ether oxygens (including phenoxy) is 2. The van der Waals surface area contributed by atoms with Crippen LogP contribution in [-0.2, 0) is 14.3 Å². The van der Waals surface area contributed by atoms with E-state index in [9.17, 15) is 4.79 Å². The van der Waals surface area contributed by atoms with Crippen molar-refractivity contribution in [1.82, 2.24) is 4.90 Å². The predicted octanol–water partition coefficient (Wildman–Crippen LogP) is -0.691. The van der Waals surface area contributed by atoms with Gasteiger partial charge in [0, 0.05) is 13.2 Å². The number of hydrogen-bond donors (Lipinski definition) is 1. The summed E-state index contributed by atoms with van der Waals surface area (Å²) in [4.78, 5) is 13.4. The second-order valence-electron chi connectivity index (χ2n) is 3.67. The molecule has 0 bridgehead atoms. The van der Waals surface area contributed by atoms with Gasteiger partial charge in [0.05, 0.1) is 12.6 Å². The van der Waals surface area contributed by atoms with Gasteiger partial charge in [-0.25, -0.2) is 0 Å². The van der Waals surface area contributed by atoms with Crippen LogP contribution in [0.3, 0.4) is 0 Å².